The summed E-state index contributed by atoms with van der Waals surface area (Å²) in [7, 11) is 0. The molecule has 17 heteroatoms. The van der Waals surface area contributed by atoms with Gasteiger partial charge in [0.1, 0.15) is 11.3 Å². The number of fused-ring (bicyclic) bond motifs is 1. The van der Waals surface area contributed by atoms with Crippen molar-refractivity contribution in [2.75, 3.05) is 26.3 Å². The molecule has 2 N–H and O–H groups in total. The molecule has 190 valence electrons. The number of hydrogen-bond donors (Lipinski definition) is 2. The van der Waals surface area contributed by atoms with Gasteiger partial charge in [0.05, 0.1) is 19.4 Å². The Morgan fingerprint density at radius 3 is 2.56 bits per heavy atom. The van der Waals surface area contributed by atoms with Crippen molar-refractivity contribution in [3.8, 4) is 11.4 Å². The minimum Gasteiger partial charge on any atom is -0.378 e. The van der Waals surface area contributed by atoms with Gasteiger partial charge in [0.25, 0.3) is 5.96 Å². The van der Waals surface area contributed by atoms with Crippen LogP contribution in [0, 0.1) is 0 Å². The summed E-state index contributed by atoms with van der Waals surface area (Å²) < 4.78 is 85.0. The molecular weight excluding hydrogens is 498 g/mol. The van der Waals surface area contributed by atoms with E-state index in [0.29, 0.717) is 32.5 Å². The van der Waals surface area contributed by atoms with Crippen molar-refractivity contribution in [1.82, 2.24) is 30.4 Å². The molecule has 1 fully saturated rings. The number of ether oxygens (including phenoxy) is 1. The molecule has 2 aromatic heterocycles. The Morgan fingerprint density at radius 2 is 1.89 bits per heavy atom. The predicted octanol–water partition coefficient (Wildman–Crippen LogP) is 2.28. The molecule has 5 heterocycles. The number of hydrogen-bond acceptors (Lipinski definition) is 8. The molecule has 11 nitrogen and oxygen atoms in total. The number of halogens is 6. The van der Waals surface area contributed by atoms with Gasteiger partial charge in [-0.25, -0.2) is 10.3 Å². The topological polar surface area (TPSA) is 119 Å². The molecule has 0 aromatic carbocycles. The smallest absolute Gasteiger partial charge is 0.378 e. The Hall–Kier alpha value is -3.89. The summed E-state index contributed by atoms with van der Waals surface area (Å²) in [6.45, 7) is 1.52. The van der Waals surface area contributed by atoms with E-state index in [9.17, 15) is 26.3 Å². The number of nitrogens with one attached hydrogen (secondary N) is 2. The molecule has 0 radical (unpaired) electrons. The van der Waals surface area contributed by atoms with Crippen LogP contribution in [-0.4, -0.2) is 80.3 Å². The molecule has 0 spiro atoms. The fraction of sp³-hybridized carbons (Fsp3) is 0.421. The van der Waals surface area contributed by atoms with Gasteiger partial charge >= 0.3 is 18.3 Å². The first-order chi connectivity index (χ1) is 17.1. The minimum absolute atomic E-state index is 0.0149. The first-order valence-corrected chi connectivity index (χ1v) is 10.5. The molecule has 3 aliphatic heterocycles. The quantitative estimate of drug-likeness (QED) is 0.479. The molecule has 1 unspecified atom stereocenters. The molecule has 3 aliphatic rings. The van der Waals surface area contributed by atoms with E-state index in [4.69, 9.17) is 4.74 Å². The highest BCUT2D eigenvalue weighted by Gasteiger charge is 2.49. The fourth-order valence-electron chi connectivity index (χ4n) is 3.59. The van der Waals surface area contributed by atoms with Gasteiger partial charge in [0, 0.05) is 24.8 Å². The summed E-state index contributed by atoms with van der Waals surface area (Å²) in [5, 5.41) is 13.3. The second kappa shape index (κ2) is 8.96. The molecule has 1 atom stereocenters. The van der Waals surface area contributed by atoms with Crippen LogP contribution in [0.2, 0.25) is 0 Å². The maximum absolute atomic E-state index is 13.5. The van der Waals surface area contributed by atoms with Gasteiger partial charge in [-0.1, -0.05) is 0 Å². The number of nitrogens with zero attached hydrogens (tertiary/aromatic N) is 8. The molecule has 36 heavy (non-hydrogen) atoms. The van der Waals surface area contributed by atoms with Crippen molar-refractivity contribution in [3.63, 3.8) is 0 Å². The molecule has 1 saturated heterocycles. The molecule has 0 bridgehead atoms. The van der Waals surface area contributed by atoms with Gasteiger partial charge in [-0.15, -0.1) is 14.8 Å². The maximum atomic E-state index is 13.5. The maximum Gasteiger partial charge on any atom is 0.433 e. The summed E-state index contributed by atoms with van der Waals surface area (Å²) in [4.78, 5) is 17.8. The Morgan fingerprint density at radius 1 is 1.11 bits per heavy atom. The molecule has 0 saturated carbocycles. The number of azo groups is 2. The summed E-state index contributed by atoms with van der Waals surface area (Å²) >= 11 is 0. The van der Waals surface area contributed by atoms with Crippen molar-refractivity contribution < 1.29 is 35.8 Å². The van der Waals surface area contributed by atoms with Gasteiger partial charge in [-0.2, -0.15) is 36.4 Å². The van der Waals surface area contributed by atoms with Crippen LogP contribution in [0.5, 0.6) is 0 Å². The Balaban J connectivity index is 1.36. The number of morpholine rings is 1. The van der Waals surface area contributed by atoms with Crippen molar-refractivity contribution >= 4 is 11.9 Å². The van der Waals surface area contributed by atoms with Gasteiger partial charge in [-0.05, 0) is 12.1 Å². The molecule has 0 aliphatic carbocycles. The van der Waals surface area contributed by atoms with Crippen molar-refractivity contribution in [2.45, 2.75) is 25.1 Å². The van der Waals surface area contributed by atoms with E-state index in [0.717, 1.165) is 17.0 Å². The van der Waals surface area contributed by atoms with E-state index in [-0.39, 0.29) is 35.7 Å². The second-order valence-corrected chi connectivity index (χ2v) is 7.77. The van der Waals surface area contributed by atoms with Gasteiger partial charge in [0.2, 0.25) is 6.17 Å². The van der Waals surface area contributed by atoms with Crippen LogP contribution in [0.4, 0.5) is 26.3 Å². The molecule has 0 amide bonds. The van der Waals surface area contributed by atoms with Crippen LogP contribution in [0.15, 0.2) is 45.2 Å². The highest BCUT2D eigenvalue weighted by atomic mass is 19.4. The third-order valence-electron chi connectivity index (χ3n) is 5.38. The lowest BCUT2D eigenvalue weighted by Crippen LogP contribution is -2.56. The standard InChI is InChI=1S/C19H17F6N10O/c20-18(21,22)11-8-28-35-15(11)30-17(34-3-5-36-6-4-34)31-16(35)27-9-13-29-14(33-32-13)10-1-2-12(26-7-10)19(23,24)25/h1-2,7-8,15H,3-6,9H2,(H,27,30,31)(H,29,32,33)/q+1. The van der Waals surface area contributed by atoms with Crippen molar-refractivity contribution in [3.05, 3.63) is 41.6 Å². The van der Waals surface area contributed by atoms with Crippen LogP contribution in [0.25, 0.3) is 11.4 Å². The van der Waals surface area contributed by atoms with Crippen LogP contribution in [-0.2, 0) is 17.5 Å². The van der Waals surface area contributed by atoms with E-state index in [2.05, 4.69) is 40.6 Å². The van der Waals surface area contributed by atoms with Gasteiger partial charge in [0.15, 0.2) is 18.2 Å². The van der Waals surface area contributed by atoms with E-state index < -0.39 is 29.8 Å². The predicted molar refractivity (Wildman–Crippen MR) is 109 cm³/mol. The number of aromatic amines is 1. The number of rotatable bonds is 3. The van der Waals surface area contributed by atoms with Crippen LogP contribution in [0.3, 0.4) is 0 Å². The summed E-state index contributed by atoms with van der Waals surface area (Å²) in [6, 6.07) is 1.99. The fourth-order valence-corrected chi connectivity index (χ4v) is 3.59. The van der Waals surface area contributed by atoms with E-state index in [1.165, 1.54) is 6.07 Å². The minimum atomic E-state index is -4.64. The normalized spacial score (nSPS) is 21.6. The molecular formula is C19H17F6N10O+. The zero-order valence-corrected chi connectivity index (χ0v) is 18.2. The lowest BCUT2D eigenvalue weighted by atomic mass is 10.2. The second-order valence-electron chi connectivity index (χ2n) is 7.77. The van der Waals surface area contributed by atoms with E-state index in [1.54, 1.807) is 4.90 Å². The third kappa shape index (κ3) is 4.77. The van der Waals surface area contributed by atoms with Crippen LogP contribution in [0.1, 0.15) is 11.5 Å². The highest BCUT2D eigenvalue weighted by molar-refractivity contribution is 5.96. The number of H-pyrrole nitrogens is 1. The monoisotopic (exact) mass is 515 g/mol. The number of pyridine rings is 1. The average molecular weight is 515 g/mol. The Bertz CT molecular complexity index is 1250. The number of alkyl halides is 6. The lowest BCUT2D eigenvalue weighted by molar-refractivity contribution is -0.509. The van der Waals surface area contributed by atoms with Gasteiger partial charge in [-0.3, -0.25) is 10.1 Å². The van der Waals surface area contributed by atoms with Crippen LogP contribution >= 0.6 is 0 Å². The van der Waals surface area contributed by atoms with Crippen molar-refractivity contribution in [2.24, 2.45) is 15.1 Å². The highest BCUT2D eigenvalue weighted by Crippen LogP contribution is 2.34. The number of aromatic nitrogens is 4. The summed E-state index contributed by atoms with van der Waals surface area (Å²) in [5.41, 5.74) is -1.74. The van der Waals surface area contributed by atoms with E-state index >= 15 is 0 Å². The van der Waals surface area contributed by atoms with Gasteiger partial charge < -0.3 is 9.64 Å². The number of guanidine groups is 2. The SMILES string of the molecule is FC(F)(F)C1=CN=[N+]2C(=NCc3nc(-c4ccc(C(F)(F)F)nc4)n[nH]3)NC(N3CCOCC3)=NC12. The zero-order chi connectivity index (χ0) is 25.5. The molecule has 2 aromatic rings. The largest absolute Gasteiger partial charge is 0.433 e. The summed E-state index contributed by atoms with van der Waals surface area (Å²) in [5.74, 6) is 0.526. The van der Waals surface area contributed by atoms with Crippen molar-refractivity contribution in [1.29, 1.82) is 0 Å². The van der Waals surface area contributed by atoms with E-state index in [1.807, 2.05) is 0 Å². The number of aliphatic imine (C=N–C) groups is 2. The van der Waals surface area contributed by atoms with Crippen LogP contribution < -0.4 is 5.32 Å². The lowest BCUT2D eigenvalue weighted by Gasteiger charge is -2.30. The molecule has 5 rings (SSSR count). The first kappa shape index (κ1) is 23.8. The third-order valence-corrected chi connectivity index (χ3v) is 5.38. The first-order valence-electron chi connectivity index (χ1n) is 10.5. The summed E-state index contributed by atoms with van der Waals surface area (Å²) in [6.07, 6.45) is -8.95. The Kier molecular flexibility index (Phi) is 5.93. The Labute approximate surface area is 198 Å². The zero-order valence-electron chi connectivity index (χ0n) is 18.2. The average Bonchev–Trinajstić information content (AvgIpc) is 3.50.